The number of halogens is 1. The Balaban J connectivity index is 1.85. The Morgan fingerprint density at radius 3 is 2.53 bits per heavy atom. The van der Waals surface area contributed by atoms with Gasteiger partial charge in [0.25, 0.3) is 0 Å². The smallest absolute Gasteiger partial charge is 0.363 e. The van der Waals surface area contributed by atoms with Crippen molar-refractivity contribution >= 4 is 23.1 Å². The zero-order valence-electron chi connectivity index (χ0n) is 10.0. The zero-order chi connectivity index (χ0) is 13.7. The lowest BCUT2D eigenvalue weighted by Crippen LogP contribution is -2.05. The molecule has 5 nitrogen and oxygen atoms in total. The highest BCUT2D eigenvalue weighted by Gasteiger charge is 2.05. The zero-order valence-corrected chi connectivity index (χ0v) is 10.8. The molecule has 0 saturated carbocycles. The number of rotatable bonds is 5. The molecule has 0 spiro atoms. The maximum Gasteiger partial charge on any atom is 0.363 e. The first kappa shape index (κ1) is 13.3. The second-order valence-electron chi connectivity index (χ2n) is 3.97. The molecule has 0 aliphatic rings. The molecule has 0 atom stereocenters. The lowest BCUT2D eigenvalue weighted by molar-refractivity contribution is -0.389. The normalized spacial score (nSPS) is 10.2. The van der Waals surface area contributed by atoms with Crippen LogP contribution in [0.2, 0.25) is 5.02 Å². The van der Waals surface area contributed by atoms with Crippen LogP contribution in [0.15, 0.2) is 42.6 Å². The lowest BCUT2D eigenvalue weighted by Gasteiger charge is -2.05. The highest BCUT2D eigenvalue weighted by molar-refractivity contribution is 6.30. The molecule has 0 unspecified atom stereocenters. The highest BCUT2D eigenvalue weighted by Crippen LogP contribution is 2.12. The molecular weight excluding hydrogens is 266 g/mol. The fourth-order valence-corrected chi connectivity index (χ4v) is 1.73. The Hall–Kier alpha value is -2.14. The number of nitrogens with zero attached hydrogens (tertiary/aromatic N) is 2. The van der Waals surface area contributed by atoms with Crippen molar-refractivity contribution in [2.24, 2.45) is 0 Å². The van der Waals surface area contributed by atoms with Crippen molar-refractivity contribution in [2.45, 2.75) is 6.42 Å². The van der Waals surface area contributed by atoms with Gasteiger partial charge in [-0.15, -0.1) is 0 Å². The predicted octanol–water partition coefficient (Wildman–Crippen LogP) is 3.30. The van der Waals surface area contributed by atoms with E-state index in [2.05, 4.69) is 10.3 Å². The molecule has 1 aromatic heterocycles. The molecule has 2 aromatic rings. The Labute approximate surface area is 115 Å². The summed E-state index contributed by atoms with van der Waals surface area (Å²) < 4.78 is 0. The van der Waals surface area contributed by atoms with Gasteiger partial charge in [0.1, 0.15) is 0 Å². The molecule has 6 heteroatoms. The van der Waals surface area contributed by atoms with Crippen LogP contribution in [0.5, 0.6) is 0 Å². The Kier molecular flexibility index (Phi) is 4.30. The minimum Gasteiger partial charge on any atom is -0.382 e. The van der Waals surface area contributed by atoms with Crippen LogP contribution >= 0.6 is 11.6 Å². The molecule has 0 saturated heterocycles. The van der Waals surface area contributed by atoms with Gasteiger partial charge >= 0.3 is 5.82 Å². The summed E-state index contributed by atoms with van der Waals surface area (Å²) in [6.45, 7) is 0.723. The lowest BCUT2D eigenvalue weighted by atomic mass is 10.1. The minimum atomic E-state index is -0.516. The van der Waals surface area contributed by atoms with Crippen LogP contribution < -0.4 is 5.32 Å². The molecule has 0 aliphatic carbocycles. The van der Waals surface area contributed by atoms with Crippen molar-refractivity contribution in [3.05, 3.63) is 63.3 Å². The summed E-state index contributed by atoms with van der Waals surface area (Å²) in [5, 5.41) is 14.3. The Morgan fingerprint density at radius 2 is 1.95 bits per heavy atom. The monoisotopic (exact) mass is 277 g/mol. The third-order valence-electron chi connectivity index (χ3n) is 2.59. The fraction of sp³-hybridized carbons (Fsp3) is 0.154. The van der Waals surface area contributed by atoms with Crippen LogP contribution in [-0.2, 0) is 6.42 Å². The maximum atomic E-state index is 10.5. The van der Waals surface area contributed by atoms with Crippen molar-refractivity contribution in [1.29, 1.82) is 0 Å². The van der Waals surface area contributed by atoms with Crippen molar-refractivity contribution in [3.8, 4) is 0 Å². The quantitative estimate of drug-likeness (QED) is 0.672. The van der Waals surface area contributed by atoms with Crippen LogP contribution in [0.3, 0.4) is 0 Å². The van der Waals surface area contributed by atoms with Crippen molar-refractivity contribution in [3.63, 3.8) is 0 Å². The second kappa shape index (κ2) is 6.15. The molecule has 0 fully saturated rings. The summed E-state index contributed by atoms with van der Waals surface area (Å²) in [5.74, 6) is -0.150. The molecule has 2 rings (SSSR count). The van der Waals surface area contributed by atoms with Crippen LogP contribution in [-0.4, -0.2) is 16.5 Å². The van der Waals surface area contributed by atoms with E-state index in [0.717, 1.165) is 23.7 Å². The van der Waals surface area contributed by atoms with Crippen LogP contribution in [0, 0.1) is 10.1 Å². The van der Waals surface area contributed by atoms with E-state index < -0.39 is 4.92 Å². The SMILES string of the molecule is O=[N+]([O-])c1ccc(NCCc2ccc(Cl)cc2)cn1. The molecule has 1 aromatic carbocycles. The van der Waals surface area contributed by atoms with Gasteiger partial charge in [0.15, 0.2) is 6.20 Å². The average molecular weight is 278 g/mol. The highest BCUT2D eigenvalue weighted by atomic mass is 35.5. The topological polar surface area (TPSA) is 68.1 Å². The summed E-state index contributed by atoms with van der Waals surface area (Å²) in [4.78, 5) is 13.7. The average Bonchev–Trinajstić information content (AvgIpc) is 2.41. The summed E-state index contributed by atoms with van der Waals surface area (Å²) in [5.41, 5.74) is 1.94. The van der Waals surface area contributed by atoms with Gasteiger partial charge in [0.05, 0.1) is 5.69 Å². The number of anilines is 1. The molecule has 1 heterocycles. The Bertz CT molecular complexity index is 555. The van der Waals surface area contributed by atoms with Gasteiger partial charge in [-0.3, -0.25) is 0 Å². The first-order valence-electron chi connectivity index (χ1n) is 5.74. The summed E-state index contributed by atoms with van der Waals surface area (Å²) in [6, 6.07) is 10.7. The van der Waals surface area contributed by atoms with Crippen molar-refractivity contribution < 1.29 is 4.92 Å². The number of nitrogens with one attached hydrogen (secondary N) is 1. The van der Waals surface area contributed by atoms with Crippen molar-refractivity contribution in [1.82, 2.24) is 4.98 Å². The number of hydrogen-bond donors (Lipinski definition) is 1. The largest absolute Gasteiger partial charge is 0.382 e. The predicted molar refractivity (Wildman–Crippen MR) is 74.5 cm³/mol. The number of hydrogen-bond acceptors (Lipinski definition) is 4. The van der Waals surface area contributed by atoms with Gasteiger partial charge in [0, 0.05) is 17.6 Å². The summed E-state index contributed by atoms with van der Waals surface area (Å²) >= 11 is 5.80. The minimum absolute atomic E-state index is 0.150. The number of benzene rings is 1. The van der Waals surface area contributed by atoms with Gasteiger partial charge < -0.3 is 15.4 Å². The van der Waals surface area contributed by atoms with Gasteiger partial charge in [-0.05, 0) is 40.1 Å². The number of pyridine rings is 1. The van der Waals surface area contributed by atoms with E-state index in [1.54, 1.807) is 6.07 Å². The fourth-order valence-electron chi connectivity index (χ4n) is 1.60. The molecular formula is C13H12ClN3O2. The molecule has 0 aliphatic heterocycles. The van der Waals surface area contributed by atoms with Gasteiger partial charge in [-0.25, -0.2) is 0 Å². The van der Waals surface area contributed by atoms with E-state index in [1.807, 2.05) is 24.3 Å². The summed E-state index contributed by atoms with van der Waals surface area (Å²) in [6.07, 6.45) is 2.30. The number of aromatic nitrogens is 1. The van der Waals surface area contributed by atoms with Crippen molar-refractivity contribution in [2.75, 3.05) is 11.9 Å². The molecule has 19 heavy (non-hydrogen) atoms. The molecule has 0 bridgehead atoms. The summed E-state index contributed by atoms with van der Waals surface area (Å²) in [7, 11) is 0. The first-order valence-corrected chi connectivity index (χ1v) is 6.12. The number of nitro groups is 1. The van der Waals surface area contributed by atoms with Gasteiger partial charge in [0.2, 0.25) is 0 Å². The third-order valence-corrected chi connectivity index (χ3v) is 2.84. The van der Waals surface area contributed by atoms with E-state index in [0.29, 0.717) is 0 Å². The standard InChI is InChI=1S/C13H12ClN3O2/c14-11-3-1-10(2-4-11)7-8-15-12-5-6-13(16-9-12)17(18)19/h1-6,9,15H,7-8H2. The van der Waals surface area contributed by atoms with Crippen LogP contribution in [0.1, 0.15) is 5.56 Å². The van der Waals surface area contributed by atoms with Gasteiger partial charge in [-0.2, -0.15) is 0 Å². The van der Waals surface area contributed by atoms with E-state index in [4.69, 9.17) is 11.6 Å². The van der Waals surface area contributed by atoms with Gasteiger partial charge in [-0.1, -0.05) is 23.7 Å². The molecule has 1 N–H and O–H groups in total. The third kappa shape index (κ3) is 3.93. The van der Waals surface area contributed by atoms with Crippen LogP contribution in [0.25, 0.3) is 0 Å². The van der Waals surface area contributed by atoms with Crippen LogP contribution in [0.4, 0.5) is 11.5 Å². The maximum absolute atomic E-state index is 10.5. The van der Waals surface area contributed by atoms with E-state index in [9.17, 15) is 10.1 Å². The van der Waals surface area contributed by atoms with E-state index in [1.165, 1.54) is 17.8 Å². The Morgan fingerprint density at radius 1 is 1.21 bits per heavy atom. The second-order valence-corrected chi connectivity index (χ2v) is 4.40. The van der Waals surface area contributed by atoms with E-state index >= 15 is 0 Å². The molecule has 98 valence electrons. The van der Waals surface area contributed by atoms with E-state index in [-0.39, 0.29) is 5.82 Å². The molecule has 0 radical (unpaired) electrons. The molecule has 0 amide bonds. The first-order chi connectivity index (χ1) is 9.15.